The molecular weight excluding hydrogens is 402 g/mol. The van der Waals surface area contributed by atoms with E-state index < -0.39 is 0 Å². The van der Waals surface area contributed by atoms with Gasteiger partial charge in [-0.05, 0) is 57.4 Å². The third kappa shape index (κ3) is 2.96. The summed E-state index contributed by atoms with van der Waals surface area (Å²) in [6, 6.07) is 4.05. The van der Waals surface area contributed by atoms with Crippen molar-refractivity contribution in [2.75, 3.05) is 5.32 Å². The molecule has 0 saturated heterocycles. The number of nitrogens with zero attached hydrogens (tertiary/aromatic N) is 6. The monoisotopic (exact) mass is 431 g/mol. The molecule has 4 heterocycles. The molecule has 4 aromatic rings. The van der Waals surface area contributed by atoms with Gasteiger partial charge in [0.25, 0.3) is 0 Å². The highest BCUT2D eigenvalue weighted by molar-refractivity contribution is 6.10. The van der Waals surface area contributed by atoms with E-state index in [-0.39, 0.29) is 5.92 Å². The van der Waals surface area contributed by atoms with Crippen LogP contribution in [0.5, 0.6) is 0 Å². The van der Waals surface area contributed by atoms with Crippen LogP contribution in [0.1, 0.15) is 48.8 Å². The lowest BCUT2D eigenvalue weighted by atomic mass is 9.91. The van der Waals surface area contributed by atoms with Crippen molar-refractivity contribution in [3.63, 3.8) is 0 Å². The average molecular weight is 432 g/mol. The number of anilines is 2. The van der Waals surface area contributed by atoms with Gasteiger partial charge in [0.15, 0.2) is 17.4 Å². The van der Waals surface area contributed by atoms with Crippen LogP contribution in [0.25, 0.3) is 22.1 Å². The van der Waals surface area contributed by atoms with Gasteiger partial charge in [-0.1, -0.05) is 0 Å². The highest BCUT2D eigenvalue weighted by atomic mass is 16.1. The fourth-order valence-corrected chi connectivity index (χ4v) is 5.16. The van der Waals surface area contributed by atoms with Gasteiger partial charge in [-0.2, -0.15) is 5.10 Å². The highest BCUT2D eigenvalue weighted by Gasteiger charge is 2.46. The van der Waals surface area contributed by atoms with Gasteiger partial charge in [0.1, 0.15) is 11.2 Å². The quantitative estimate of drug-likeness (QED) is 0.440. The maximum Gasteiger partial charge on any atom is 0.182 e. The minimum atomic E-state index is 0.181. The molecular formula is C24H29N7O. The fourth-order valence-electron chi connectivity index (χ4n) is 5.16. The summed E-state index contributed by atoms with van der Waals surface area (Å²) < 4.78 is 5.94. The zero-order valence-electron chi connectivity index (χ0n) is 19.1. The highest BCUT2D eigenvalue weighted by Crippen LogP contribution is 2.50. The van der Waals surface area contributed by atoms with Crippen LogP contribution in [0.2, 0.25) is 0 Å². The summed E-state index contributed by atoms with van der Waals surface area (Å²) in [7, 11) is 3.91. The topological polar surface area (TPSA) is 82.6 Å². The number of hydrogen-bond acceptors (Lipinski definition) is 5. The smallest absolute Gasteiger partial charge is 0.182 e. The van der Waals surface area contributed by atoms with Crippen LogP contribution >= 0.6 is 0 Å². The molecule has 2 aliphatic rings. The van der Waals surface area contributed by atoms with Crippen LogP contribution in [-0.2, 0) is 20.6 Å². The number of aryl methyl sites for hydroxylation is 4. The summed E-state index contributed by atoms with van der Waals surface area (Å²) in [6.45, 7) is 4.80. The van der Waals surface area contributed by atoms with E-state index in [0.717, 1.165) is 39.3 Å². The molecule has 32 heavy (non-hydrogen) atoms. The lowest BCUT2D eigenvalue weighted by Gasteiger charge is -2.15. The van der Waals surface area contributed by atoms with Gasteiger partial charge in [-0.25, -0.2) is 9.97 Å². The van der Waals surface area contributed by atoms with Crippen LogP contribution in [0.15, 0.2) is 18.5 Å². The normalized spacial score (nSPS) is 16.5. The van der Waals surface area contributed by atoms with Crippen LogP contribution in [0.4, 0.5) is 11.6 Å². The Morgan fingerprint density at radius 3 is 2.50 bits per heavy atom. The van der Waals surface area contributed by atoms with E-state index in [1.54, 1.807) is 0 Å². The molecule has 4 aromatic heterocycles. The first-order chi connectivity index (χ1) is 15.5. The largest absolute Gasteiger partial charge is 0.333 e. The molecule has 0 bridgehead atoms. The summed E-state index contributed by atoms with van der Waals surface area (Å²) in [5, 5.41) is 8.87. The molecule has 6 rings (SSSR count). The molecule has 2 saturated carbocycles. The third-order valence-electron chi connectivity index (χ3n) is 7.19. The molecule has 0 atom stereocenters. The van der Waals surface area contributed by atoms with Crippen molar-refractivity contribution in [1.82, 2.24) is 28.9 Å². The number of Topliss-reactive ketones (excluding diaryl/α,β-unsaturated/α-hetero) is 1. The minimum Gasteiger partial charge on any atom is -0.333 e. The van der Waals surface area contributed by atoms with Gasteiger partial charge in [-0.3, -0.25) is 9.48 Å². The Labute approximate surface area is 186 Å². The number of nitrogens with one attached hydrogen (secondary N) is 1. The van der Waals surface area contributed by atoms with E-state index in [2.05, 4.69) is 33.0 Å². The molecule has 0 spiro atoms. The summed E-state index contributed by atoms with van der Waals surface area (Å²) in [5.41, 5.74) is 4.46. The number of fused-ring (bicyclic) bond motifs is 3. The fraction of sp³-hybridized carbons (Fsp3) is 0.500. The molecule has 0 radical (unpaired) electrons. The molecule has 0 unspecified atom stereocenters. The summed E-state index contributed by atoms with van der Waals surface area (Å²) in [5.74, 6) is 3.04. The predicted octanol–water partition coefficient (Wildman–Crippen LogP) is 4.35. The number of pyridine rings is 1. The molecule has 0 aliphatic heterocycles. The van der Waals surface area contributed by atoms with Crippen molar-refractivity contribution in [2.24, 2.45) is 31.8 Å². The van der Waals surface area contributed by atoms with Gasteiger partial charge < -0.3 is 14.5 Å². The van der Waals surface area contributed by atoms with Crippen molar-refractivity contribution in [1.29, 1.82) is 0 Å². The first-order valence-corrected chi connectivity index (χ1v) is 11.6. The van der Waals surface area contributed by atoms with E-state index >= 15 is 0 Å². The van der Waals surface area contributed by atoms with Crippen molar-refractivity contribution < 1.29 is 4.79 Å². The van der Waals surface area contributed by atoms with Crippen LogP contribution in [0.3, 0.4) is 0 Å². The van der Waals surface area contributed by atoms with E-state index in [1.165, 1.54) is 25.7 Å². The number of hydrogen-bond donors (Lipinski definition) is 1. The maximum atomic E-state index is 13.7. The van der Waals surface area contributed by atoms with Crippen LogP contribution in [0, 0.1) is 24.7 Å². The standard InChI is InChI=1S/C24H29N7O/c1-5-31-17(22(32)19(14-6-7-14)15-8-9-15)11-16-21-20(25-12-29(21)3)23(27-24(16)31)26-18-10-13(2)30(4)28-18/h10-12,14-15,19H,5-9H2,1-4H3,(H,26,27,28). The molecule has 0 aromatic carbocycles. The van der Waals surface area contributed by atoms with E-state index in [4.69, 9.17) is 4.98 Å². The zero-order valence-corrected chi connectivity index (χ0v) is 19.1. The van der Waals surface area contributed by atoms with Gasteiger partial charge in [-0.15, -0.1) is 0 Å². The lowest BCUT2D eigenvalue weighted by molar-refractivity contribution is 0.0877. The molecule has 8 heteroatoms. The van der Waals surface area contributed by atoms with Gasteiger partial charge in [0.05, 0.1) is 17.5 Å². The molecule has 0 amide bonds. The first-order valence-electron chi connectivity index (χ1n) is 11.6. The second kappa shape index (κ2) is 6.92. The number of rotatable bonds is 7. The lowest BCUT2D eigenvalue weighted by Crippen LogP contribution is -2.22. The number of aromatic nitrogens is 6. The Balaban J connectivity index is 1.52. The number of ketones is 1. The number of carbonyl (C=O) groups excluding carboxylic acids is 1. The molecule has 2 fully saturated rings. The second-order valence-corrected chi connectivity index (χ2v) is 9.51. The van der Waals surface area contributed by atoms with Crippen molar-refractivity contribution in [2.45, 2.75) is 46.1 Å². The number of carbonyl (C=O) groups is 1. The molecule has 1 N–H and O–H groups in total. The van der Waals surface area contributed by atoms with E-state index in [1.807, 2.05) is 42.7 Å². The summed E-state index contributed by atoms with van der Waals surface area (Å²) in [4.78, 5) is 23.3. The molecule has 2 aliphatic carbocycles. The first kappa shape index (κ1) is 19.5. The van der Waals surface area contributed by atoms with Crippen molar-refractivity contribution >= 4 is 39.5 Å². The predicted molar refractivity (Wildman–Crippen MR) is 124 cm³/mol. The number of imidazole rings is 1. The second-order valence-electron chi connectivity index (χ2n) is 9.51. The van der Waals surface area contributed by atoms with E-state index in [9.17, 15) is 4.79 Å². The van der Waals surface area contributed by atoms with Gasteiger partial charge in [0, 0.05) is 43.7 Å². The van der Waals surface area contributed by atoms with Crippen LogP contribution < -0.4 is 5.32 Å². The van der Waals surface area contributed by atoms with Crippen molar-refractivity contribution in [3.05, 3.63) is 29.8 Å². The Bertz CT molecular complexity index is 1330. The van der Waals surface area contributed by atoms with Gasteiger partial charge in [0.2, 0.25) is 0 Å². The minimum absolute atomic E-state index is 0.181. The maximum absolute atomic E-state index is 13.7. The van der Waals surface area contributed by atoms with Crippen molar-refractivity contribution in [3.8, 4) is 0 Å². The van der Waals surface area contributed by atoms with Gasteiger partial charge >= 0.3 is 0 Å². The van der Waals surface area contributed by atoms with Crippen LogP contribution in [-0.4, -0.2) is 34.7 Å². The average Bonchev–Trinajstić information content (AvgIpc) is 3.68. The Hall–Kier alpha value is -3.16. The zero-order chi connectivity index (χ0) is 22.1. The summed E-state index contributed by atoms with van der Waals surface area (Å²) >= 11 is 0. The Kier molecular flexibility index (Phi) is 4.22. The SMILES string of the molecule is CCn1c(C(=O)C(C2CC2)C2CC2)cc2c3c(ncn3C)c(Nc3cc(C)n(C)n3)nc21. The third-order valence-corrected chi connectivity index (χ3v) is 7.19. The molecule has 8 nitrogen and oxygen atoms in total. The Morgan fingerprint density at radius 1 is 1.19 bits per heavy atom. The Morgan fingerprint density at radius 2 is 1.91 bits per heavy atom. The summed E-state index contributed by atoms with van der Waals surface area (Å²) in [6.07, 6.45) is 6.59. The van der Waals surface area contributed by atoms with E-state index in [0.29, 0.717) is 30.0 Å². The molecule has 166 valence electrons.